The van der Waals surface area contributed by atoms with E-state index < -0.39 is 0 Å². The molecule has 0 amide bonds. The molecule has 0 fully saturated rings. The van der Waals surface area contributed by atoms with Crippen molar-refractivity contribution in [2.75, 3.05) is 5.73 Å². The fourth-order valence-corrected chi connectivity index (χ4v) is 0.828. The van der Waals surface area contributed by atoms with Gasteiger partial charge in [0.2, 0.25) is 0 Å². The third kappa shape index (κ3) is 0.556. The van der Waals surface area contributed by atoms with Gasteiger partial charge in [0.15, 0.2) is 0 Å². The predicted molar refractivity (Wildman–Crippen MR) is 35.3 cm³/mol. The zero-order chi connectivity index (χ0) is 6.97. The van der Waals surface area contributed by atoms with E-state index in [1.807, 2.05) is 0 Å². The van der Waals surface area contributed by atoms with Crippen molar-refractivity contribution in [2.24, 2.45) is 0 Å². The summed E-state index contributed by atoms with van der Waals surface area (Å²) in [5.74, 6) is 0.487. The summed E-state index contributed by atoms with van der Waals surface area (Å²) >= 11 is 0. The first-order valence-electron chi connectivity index (χ1n) is 2.81. The lowest BCUT2D eigenvalue weighted by atomic mass is 10.2. The molecule has 0 saturated carbocycles. The van der Waals surface area contributed by atoms with Gasteiger partial charge in [-0.05, 0) is 0 Å². The van der Waals surface area contributed by atoms with Crippen molar-refractivity contribution in [3.63, 3.8) is 0 Å². The second-order valence-corrected chi connectivity index (χ2v) is 1.97. The lowest BCUT2D eigenvalue weighted by molar-refractivity contribution is 0.401. The van der Waals surface area contributed by atoms with Crippen LogP contribution >= 0.6 is 0 Å². The van der Waals surface area contributed by atoms with Crippen molar-refractivity contribution in [1.82, 2.24) is 10.1 Å². The van der Waals surface area contributed by atoms with Crippen molar-refractivity contribution in [3.8, 4) is 11.1 Å². The second-order valence-electron chi connectivity index (χ2n) is 1.97. The van der Waals surface area contributed by atoms with Crippen LogP contribution in [-0.2, 0) is 0 Å². The fourth-order valence-electron chi connectivity index (χ4n) is 0.828. The van der Waals surface area contributed by atoms with Crippen LogP contribution < -0.4 is 5.73 Å². The molecule has 0 bridgehead atoms. The first-order valence-corrected chi connectivity index (χ1v) is 2.81. The Morgan fingerprint density at radius 1 is 1.40 bits per heavy atom. The number of rotatable bonds is 0. The van der Waals surface area contributed by atoms with Crippen molar-refractivity contribution in [1.29, 1.82) is 0 Å². The maximum absolute atomic E-state index is 5.48. The van der Waals surface area contributed by atoms with Gasteiger partial charge in [-0.25, -0.2) is 4.98 Å². The molecule has 0 aromatic carbocycles. The number of aromatic nitrogens is 2. The lowest BCUT2D eigenvalue weighted by Gasteiger charge is -1.91. The molecule has 2 rings (SSSR count). The number of nitrogen functional groups attached to an aromatic ring is 1. The third-order valence-electron chi connectivity index (χ3n) is 1.35. The molecule has 2 aliphatic rings. The Bertz CT molecular complexity index is 317. The van der Waals surface area contributed by atoms with Crippen molar-refractivity contribution in [2.45, 2.75) is 0 Å². The Morgan fingerprint density at radius 3 is 3.10 bits per heavy atom. The van der Waals surface area contributed by atoms with Crippen LogP contribution in [0.1, 0.15) is 0 Å². The highest BCUT2D eigenvalue weighted by Gasteiger charge is 2.07. The molecule has 4 nitrogen and oxygen atoms in total. The highest BCUT2D eigenvalue weighted by molar-refractivity contribution is 5.73. The highest BCUT2D eigenvalue weighted by Crippen LogP contribution is 2.24. The normalized spacial score (nSPS) is 10.4. The average Bonchev–Trinajstić information content (AvgIpc) is 2.34. The number of hydrogen-bond acceptors (Lipinski definition) is 4. The number of fused-ring (bicyclic) bond motifs is 1. The lowest BCUT2D eigenvalue weighted by Crippen LogP contribution is -1.85. The molecule has 2 heterocycles. The molecule has 0 aliphatic carbocycles. The van der Waals surface area contributed by atoms with Crippen LogP contribution in [0.25, 0.3) is 11.1 Å². The number of anilines is 1. The van der Waals surface area contributed by atoms with E-state index >= 15 is 0 Å². The summed E-state index contributed by atoms with van der Waals surface area (Å²) in [7, 11) is 0. The zero-order valence-corrected chi connectivity index (χ0v) is 5.11. The van der Waals surface area contributed by atoms with E-state index in [0.29, 0.717) is 5.82 Å². The van der Waals surface area contributed by atoms with E-state index in [1.165, 1.54) is 6.26 Å². The second kappa shape index (κ2) is 1.70. The van der Waals surface area contributed by atoms with E-state index in [9.17, 15) is 0 Å². The molecule has 4 heteroatoms. The highest BCUT2D eigenvalue weighted by atomic mass is 16.4. The van der Waals surface area contributed by atoms with Gasteiger partial charge >= 0.3 is 0 Å². The zero-order valence-electron chi connectivity index (χ0n) is 5.11. The number of hydrogen-bond donors (Lipinski definition) is 1. The van der Waals surface area contributed by atoms with Crippen LogP contribution in [0.5, 0.6) is 0 Å². The first-order chi connectivity index (χ1) is 4.88. The van der Waals surface area contributed by atoms with Crippen LogP contribution in [0.4, 0.5) is 5.82 Å². The smallest absolute Gasteiger partial charge is 0.134 e. The van der Waals surface area contributed by atoms with Crippen LogP contribution in [0.15, 0.2) is 23.2 Å². The fraction of sp³-hybridized carbons (Fsp3) is 0. The van der Waals surface area contributed by atoms with E-state index in [2.05, 4.69) is 14.7 Å². The van der Waals surface area contributed by atoms with Crippen molar-refractivity contribution in [3.05, 3.63) is 18.7 Å². The summed E-state index contributed by atoms with van der Waals surface area (Å²) in [5, 5.41) is 3.56. The molecule has 0 unspecified atom stereocenters. The standard InChI is InChI=1S/C6H5N3O/c7-6-5-3-10-9-2-4(5)1-8-6/h1-3H,(H2,7,8). The minimum Gasteiger partial charge on any atom is -0.383 e. The maximum Gasteiger partial charge on any atom is 0.134 e. The molecule has 0 radical (unpaired) electrons. The van der Waals surface area contributed by atoms with Crippen molar-refractivity contribution < 1.29 is 4.52 Å². The molecule has 0 aromatic rings. The summed E-state index contributed by atoms with van der Waals surface area (Å²) in [6.45, 7) is 0. The Kier molecular flexibility index (Phi) is 0.887. The van der Waals surface area contributed by atoms with Crippen LogP contribution in [0, 0.1) is 0 Å². The molecule has 0 atom stereocenters. The molecule has 2 N–H and O–H groups in total. The summed E-state index contributed by atoms with van der Waals surface area (Å²) in [5.41, 5.74) is 7.20. The summed E-state index contributed by atoms with van der Waals surface area (Å²) in [6, 6.07) is 0. The average molecular weight is 135 g/mol. The SMILES string of the molecule is Nc1ncc2cnocc1-2. The molecule has 50 valence electrons. The monoisotopic (exact) mass is 135 g/mol. The Hall–Kier alpha value is -1.58. The molecule has 0 aromatic heterocycles. The van der Waals surface area contributed by atoms with Crippen LogP contribution in [-0.4, -0.2) is 10.1 Å². The van der Waals surface area contributed by atoms with E-state index in [1.54, 1.807) is 12.4 Å². The van der Waals surface area contributed by atoms with Crippen molar-refractivity contribution >= 4 is 5.82 Å². The topological polar surface area (TPSA) is 64.9 Å². The number of nitrogens with zero attached hydrogens (tertiary/aromatic N) is 2. The van der Waals surface area contributed by atoms with E-state index in [-0.39, 0.29) is 0 Å². The van der Waals surface area contributed by atoms with E-state index in [0.717, 1.165) is 11.1 Å². The molecule has 0 spiro atoms. The van der Waals surface area contributed by atoms with Gasteiger partial charge in [-0.1, -0.05) is 5.16 Å². The van der Waals surface area contributed by atoms with Gasteiger partial charge in [-0.15, -0.1) is 0 Å². The molecular formula is C6H5N3O. The Labute approximate surface area is 57.0 Å². The van der Waals surface area contributed by atoms with Gasteiger partial charge in [-0.2, -0.15) is 0 Å². The maximum atomic E-state index is 5.48. The summed E-state index contributed by atoms with van der Waals surface area (Å²) in [6.07, 6.45) is 4.73. The Morgan fingerprint density at radius 2 is 2.30 bits per heavy atom. The van der Waals surface area contributed by atoms with Gasteiger partial charge in [-0.3, -0.25) is 0 Å². The minimum atomic E-state index is 0.487. The van der Waals surface area contributed by atoms with Crippen LogP contribution in [0.2, 0.25) is 0 Å². The summed E-state index contributed by atoms with van der Waals surface area (Å²) in [4.78, 5) is 3.87. The van der Waals surface area contributed by atoms with Gasteiger partial charge in [0.05, 0.1) is 11.8 Å². The predicted octanol–water partition coefficient (Wildman–Crippen LogP) is 0.757. The number of nitrogens with two attached hydrogens (primary N) is 1. The van der Waals surface area contributed by atoms with E-state index in [4.69, 9.17) is 5.73 Å². The summed E-state index contributed by atoms with van der Waals surface area (Å²) < 4.78 is 4.66. The largest absolute Gasteiger partial charge is 0.383 e. The van der Waals surface area contributed by atoms with Gasteiger partial charge in [0.25, 0.3) is 0 Å². The third-order valence-corrected chi connectivity index (χ3v) is 1.35. The first kappa shape index (κ1) is 5.22. The van der Waals surface area contributed by atoms with Gasteiger partial charge in [0, 0.05) is 11.8 Å². The molecular weight excluding hydrogens is 130 g/mol. The molecule has 2 aliphatic heterocycles. The minimum absolute atomic E-state index is 0.487. The van der Waals surface area contributed by atoms with Crippen LogP contribution in [0.3, 0.4) is 0 Å². The quantitative estimate of drug-likeness (QED) is 0.579. The van der Waals surface area contributed by atoms with Gasteiger partial charge < -0.3 is 10.3 Å². The van der Waals surface area contributed by atoms with Gasteiger partial charge in [0.1, 0.15) is 12.1 Å². The Balaban J connectivity index is 2.78. The molecule has 10 heavy (non-hydrogen) atoms. The molecule has 0 saturated heterocycles.